The number of carbonyl (C=O) groups is 1. The molecular formula is C21H26Cl2N2O5S. The third-order valence-electron chi connectivity index (χ3n) is 4.26. The molecule has 2 rings (SSSR count). The van der Waals surface area contributed by atoms with Crippen LogP contribution in [0.25, 0.3) is 0 Å². The maximum absolute atomic E-state index is 12.8. The van der Waals surface area contributed by atoms with Crippen LogP contribution in [0, 0.1) is 0 Å². The number of hydrogen-bond donors (Lipinski definition) is 2. The van der Waals surface area contributed by atoms with Crippen LogP contribution >= 0.6 is 23.2 Å². The molecule has 0 bridgehead atoms. The van der Waals surface area contributed by atoms with Gasteiger partial charge in [-0.25, -0.2) is 13.1 Å². The molecule has 0 spiro atoms. The van der Waals surface area contributed by atoms with Crippen LogP contribution < -0.4 is 14.8 Å². The molecular weight excluding hydrogens is 463 g/mol. The third-order valence-corrected chi connectivity index (χ3v) is 6.44. The molecule has 7 nitrogen and oxygen atoms in total. The first-order valence-electron chi connectivity index (χ1n) is 9.66. The number of sulfonamides is 1. The van der Waals surface area contributed by atoms with Gasteiger partial charge in [0.15, 0.2) is 0 Å². The second kappa shape index (κ2) is 11.7. The van der Waals surface area contributed by atoms with E-state index in [1.807, 2.05) is 13.8 Å². The summed E-state index contributed by atoms with van der Waals surface area (Å²) in [6.07, 6.45) is 0.721. The van der Waals surface area contributed by atoms with E-state index in [-0.39, 0.29) is 33.2 Å². The molecule has 0 heterocycles. The molecule has 1 amide bonds. The summed E-state index contributed by atoms with van der Waals surface area (Å²) in [7, 11) is -2.52. The smallest absolute Gasteiger partial charge is 0.252 e. The summed E-state index contributed by atoms with van der Waals surface area (Å²) in [6, 6.07) is 9.45. The topological polar surface area (TPSA) is 93.7 Å². The molecule has 0 atom stereocenters. The van der Waals surface area contributed by atoms with E-state index >= 15 is 0 Å². The molecule has 0 unspecified atom stereocenters. The number of methoxy groups -OCH3 is 1. The van der Waals surface area contributed by atoms with Crippen LogP contribution in [0.5, 0.6) is 5.75 Å². The number of amides is 1. The third kappa shape index (κ3) is 7.36. The number of hydrogen-bond acceptors (Lipinski definition) is 5. The molecule has 0 aliphatic heterocycles. The molecule has 10 heteroatoms. The lowest BCUT2D eigenvalue weighted by atomic mass is 10.2. The number of para-hydroxylation sites is 1. The Labute approximate surface area is 193 Å². The zero-order valence-electron chi connectivity index (χ0n) is 17.6. The largest absolute Gasteiger partial charge is 0.496 e. The van der Waals surface area contributed by atoms with Crippen LogP contribution in [-0.2, 0) is 21.3 Å². The van der Waals surface area contributed by atoms with Crippen molar-refractivity contribution in [2.45, 2.75) is 37.8 Å². The van der Waals surface area contributed by atoms with Gasteiger partial charge in [-0.15, -0.1) is 0 Å². The Bertz CT molecular complexity index is 1010. The number of halogens is 2. The number of nitrogens with one attached hydrogen (secondary N) is 2. The van der Waals surface area contributed by atoms with Gasteiger partial charge < -0.3 is 14.8 Å². The van der Waals surface area contributed by atoms with Crippen molar-refractivity contribution in [3.63, 3.8) is 0 Å². The quantitative estimate of drug-likeness (QED) is 0.465. The van der Waals surface area contributed by atoms with Crippen molar-refractivity contribution in [1.82, 2.24) is 10.0 Å². The van der Waals surface area contributed by atoms with E-state index in [0.717, 1.165) is 0 Å². The first kappa shape index (κ1) is 25.4. The van der Waals surface area contributed by atoms with Crippen LogP contribution in [-0.4, -0.2) is 40.7 Å². The lowest BCUT2D eigenvalue weighted by molar-refractivity contribution is 0.0757. The van der Waals surface area contributed by atoms with Crippen LogP contribution in [0.15, 0.2) is 41.3 Å². The van der Waals surface area contributed by atoms with Crippen LogP contribution in [0.3, 0.4) is 0 Å². The van der Waals surface area contributed by atoms with E-state index in [1.54, 1.807) is 24.3 Å². The SMILES string of the molecule is COc1ccccc1CNS(=O)(=O)c1cc(C(=O)NCCCOC(C)C)c(Cl)cc1Cl. The molecule has 0 aliphatic rings. The molecule has 0 saturated carbocycles. The minimum atomic E-state index is -4.02. The fraction of sp³-hybridized carbons (Fsp3) is 0.381. The molecule has 0 fully saturated rings. The van der Waals surface area contributed by atoms with Gasteiger partial charge in [-0.05, 0) is 38.5 Å². The standard InChI is InChI=1S/C21H26Cl2N2O5S/c1-14(2)30-10-6-9-24-21(26)16-11-20(18(23)12-17(16)22)31(27,28)25-13-15-7-4-5-8-19(15)29-3/h4-5,7-8,11-12,14,25H,6,9-10,13H2,1-3H3,(H,24,26). The monoisotopic (exact) mass is 488 g/mol. The summed E-state index contributed by atoms with van der Waals surface area (Å²) < 4.78 is 38.8. The van der Waals surface area contributed by atoms with Gasteiger partial charge in [0.1, 0.15) is 10.6 Å². The average Bonchev–Trinajstić information content (AvgIpc) is 2.71. The second-order valence-electron chi connectivity index (χ2n) is 6.93. The Balaban J connectivity index is 2.14. The number of rotatable bonds is 11. The van der Waals surface area contributed by atoms with Gasteiger partial charge in [-0.3, -0.25) is 4.79 Å². The maximum atomic E-state index is 12.8. The molecule has 170 valence electrons. The van der Waals surface area contributed by atoms with Crippen molar-refractivity contribution in [3.05, 3.63) is 57.6 Å². The number of carbonyl (C=O) groups excluding carboxylic acids is 1. The van der Waals surface area contributed by atoms with Crippen molar-refractivity contribution < 1.29 is 22.7 Å². The summed E-state index contributed by atoms with van der Waals surface area (Å²) in [5.74, 6) is 0.0568. The van der Waals surface area contributed by atoms with Crippen molar-refractivity contribution >= 4 is 39.1 Å². The van der Waals surface area contributed by atoms with Gasteiger partial charge >= 0.3 is 0 Å². The average molecular weight is 489 g/mol. The first-order valence-corrected chi connectivity index (χ1v) is 11.9. The van der Waals surface area contributed by atoms with Crippen LogP contribution in [0.4, 0.5) is 0 Å². The van der Waals surface area contributed by atoms with E-state index in [9.17, 15) is 13.2 Å². The minimum Gasteiger partial charge on any atom is -0.496 e. The highest BCUT2D eigenvalue weighted by atomic mass is 35.5. The Morgan fingerprint density at radius 3 is 2.52 bits per heavy atom. The van der Waals surface area contributed by atoms with Gasteiger partial charge in [0.05, 0.1) is 28.8 Å². The summed E-state index contributed by atoms with van der Waals surface area (Å²) in [4.78, 5) is 12.3. The Kier molecular flexibility index (Phi) is 9.58. The Morgan fingerprint density at radius 2 is 1.84 bits per heavy atom. The second-order valence-corrected chi connectivity index (χ2v) is 9.48. The molecule has 0 aromatic heterocycles. The molecule has 2 aromatic carbocycles. The van der Waals surface area contributed by atoms with Gasteiger partial charge in [0.2, 0.25) is 10.0 Å². The van der Waals surface area contributed by atoms with Gasteiger partial charge in [0, 0.05) is 25.3 Å². The highest BCUT2D eigenvalue weighted by Crippen LogP contribution is 2.29. The summed E-state index contributed by atoms with van der Waals surface area (Å²) in [6.45, 7) is 4.70. The molecule has 2 N–H and O–H groups in total. The molecule has 0 aliphatic carbocycles. The highest BCUT2D eigenvalue weighted by molar-refractivity contribution is 7.89. The van der Waals surface area contributed by atoms with Crippen molar-refractivity contribution in [3.8, 4) is 5.75 Å². The Hall–Kier alpha value is -1.84. The summed E-state index contributed by atoms with van der Waals surface area (Å²) >= 11 is 12.3. The summed E-state index contributed by atoms with van der Waals surface area (Å²) in [5, 5.41) is 2.68. The molecule has 0 saturated heterocycles. The van der Waals surface area contributed by atoms with Crippen LogP contribution in [0.2, 0.25) is 10.0 Å². The fourth-order valence-corrected chi connectivity index (χ4v) is 4.56. The highest BCUT2D eigenvalue weighted by Gasteiger charge is 2.23. The lowest BCUT2D eigenvalue weighted by Crippen LogP contribution is -2.27. The first-order chi connectivity index (χ1) is 14.7. The molecule has 2 aromatic rings. The van der Waals surface area contributed by atoms with E-state index in [0.29, 0.717) is 30.9 Å². The predicted molar refractivity (Wildman–Crippen MR) is 122 cm³/mol. The Morgan fingerprint density at radius 1 is 1.13 bits per heavy atom. The normalized spacial score (nSPS) is 11.5. The zero-order chi connectivity index (χ0) is 23.0. The van der Waals surface area contributed by atoms with Crippen molar-refractivity contribution in [2.24, 2.45) is 0 Å². The van der Waals surface area contributed by atoms with Gasteiger partial charge in [-0.2, -0.15) is 0 Å². The molecule has 0 radical (unpaired) electrons. The van der Waals surface area contributed by atoms with Crippen molar-refractivity contribution in [1.29, 1.82) is 0 Å². The van der Waals surface area contributed by atoms with Gasteiger partial charge in [0.25, 0.3) is 5.91 Å². The minimum absolute atomic E-state index is 0.0112. The van der Waals surface area contributed by atoms with E-state index < -0.39 is 15.9 Å². The van der Waals surface area contributed by atoms with E-state index in [1.165, 1.54) is 19.2 Å². The summed E-state index contributed by atoms with van der Waals surface area (Å²) in [5.41, 5.74) is 0.675. The zero-order valence-corrected chi connectivity index (χ0v) is 19.9. The lowest BCUT2D eigenvalue weighted by Gasteiger charge is -2.13. The number of ether oxygens (including phenoxy) is 2. The van der Waals surface area contributed by atoms with E-state index in [2.05, 4.69) is 10.0 Å². The fourth-order valence-electron chi connectivity index (χ4n) is 2.70. The van der Waals surface area contributed by atoms with Gasteiger partial charge in [-0.1, -0.05) is 41.4 Å². The maximum Gasteiger partial charge on any atom is 0.252 e. The van der Waals surface area contributed by atoms with Crippen LogP contribution in [0.1, 0.15) is 36.2 Å². The van der Waals surface area contributed by atoms with E-state index in [4.69, 9.17) is 32.7 Å². The predicted octanol–water partition coefficient (Wildman–Crippen LogP) is 4.03. The number of benzene rings is 2. The molecule has 31 heavy (non-hydrogen) atoms. The van der Waals surface area contributed by atoms with Crippen molar-refractivity contribution in [2.75, 3.05) is 20.3 Å².